The number of aromatic nitrogens is 2. The van der Waals surface area contributed by atoms with E-state index in [1.54, 1.807) is 12.3 Å². The van der Waals surface area contributed by atoms with Gasteiger partial charge in [-0.25, -0.2) is 0 Å². The third-order valence-electron chi connectivity index (χ3n) is 3.87. The maximum atomic E-state index is 12.6. The monoisotopic (exact) mass is 285 g/mol. The van der Waals surface area contributed by atoms with Crippen molar-refractivity contribution < 1.29 is 9.32 Å². The lowest BCUT2D eigenvalue weighted by Crippen LogP contribution is -2.30. The summed E-state index contributed by atoms with van der Waals surface area (Å²) in [4.78, 5) is 18.9. The fourth-order valence-electron chi connectivity index (χ4n) is 2.69. The first kappa shape index (κ1) is 13.8. The van der Waals surface area contributed by atoms with Crippen molar-refractivity contribution in [1.29, 1.82) is 0 Å². The van der Waals surface area contributed by atoms with Gasteiger partial charge in [0.25, 0.3) is 5.91 Å². The number of rotatable bonds is 3. The summed E-state index contributed by atoms with van der Waals surface area (Å²) in [6, 6.07) is 7.59. The van der Waals surface area contributed by atoms with E-state index in [0.29, 0.717) is 5.76 Å². The molecule has 2 aromatic heterocycles. The molecule has 21 heavy (non-hydrogen) atoms. The van der Waals surface area contributed by atoms with Crippen LogP contribution in [0.5, 0.6) is 0 Å². The molecule has 1 saturated heterocycles. The minimum absolute atomic E-state index is 0.0336. The number of likely N-dealkylation sites (tertiary alicyclic amines) is 1. The Morgan fingerprint density at radius 1 is 1.43 bits per heavy atom. The molecule has 1 atom stereocenters. The predicted molar refractivity (Wildman–Crippen MR) is 77.8 cm³/mol. The molecule has 5 heteroatoms. The van der Waals surface area contributed by atoms with Crippen LogP contribution < -0.4 is 0 Å². The van der Waals surface area contributed by atoms with Gasteiger partial charge in [0.15, 0.2) is 0 Å². The molecule has 5 nitrogen and oxygen atoms in total. The van der Waals surface area contributed by atoms with E-state index in [1.165, 1.54) is 0 Å². The highest BCUT2D eigenvalue weighted by atomic mass is 16.5. The van der Waals surface area contributed by atoms with Gasteiger partial charge in [0.05, 0.1) is 17.4 Å². The second-order valence-corrected chi connectivity index (χ2v) is 5.68. The van der Waals surface area contributed by atoms with Crippen molar-refractivity contribution in [2.75, 3.05) is 6.54 Å². The first-order valence-corrected chi connectivity index (χ1v) is 7.35. The SMILES string of the molecule is CC(C)c1cc(C(=O)N2CCCC2c2ccccn2)on1. The first-order chi connectivity index (χ1) is 10.2. The molecule has 0 saturated carbocycles. The molecule has 1 fully saturated rings. The smallest absolute Gasteiger partial charge is 0.293 e. The maximum absolute atomic E-state index is 12.6. The fourth-order valence-corrected chi connectivity index (χ4v) is 2.69. The molecule has 0 N–H and O–H groups in total. The Morgan fingerprint density at radius 2 is 2.29 bits per heavy atom. The summed E-state index contributed by atoms with van der Waals surface area (Å²) in [6.07, 6.45) is 3.69. The van der Waals surface area contributed by atoms with E-state index in [1.807, 2.05) is 36.9 Å². The van der Waals surface area contributed by atoms with Crippen molar-refractivity contribution in [3.8, 4) is 0 Å². The van der Waals surface area contributed by atoms with Crippen LogP contribution in [0, 0.1) is 0 Å². The first-order valence-electron chi connectivity index (χ1n) is 7.35. The van der Waals surface area contributed by atoms with Gasteiger partial charge in [-0.3, -0.25) is 9.78 Å². The van der Waals surface area contributed by atoms with Crippen LogP contribution in [0.25, 0.3) is 0 Å². The zero-order valence-corrected chi connectivity index (χ0v) is 12.3. The van der Waals surface area contributed by atoms with Gasteiger partial charge < -0.3 is 9.42 Å². The summed E-state index contributed by atoms with van der Waals surface area (Å²) in [5.41, 5.74) is 1.75. The zero-order chi connectivity index (χ0) is 14.8. The largest absolute Gasteiger partial charge is 0.351 e. The number of amides is 1. The van der Waals surface area contributed by atoms with Crippen molar-refractivity contribution in [2.45, 2.75) is 38.6 Å². The summed E-state index contributed by atoms with van der Waals surface area (Å²) < 4.78 is 5.22. The van der Waals surface area contributed by atoms with Gasteiger partial charge in [-0.05, 0) is 30.9 Å². The summed E-state index contributed by atoms with van der Waals surface area (Å²) in [5, 5.41) is 3.97. The van der Waals surface area contributed by atoms with Crippen LogP contribution in [0.2, 0.25) is 0 Å². The van der Waals surface area contributed by atoms with Crippen molar-refractivity contribution >= 4 is 5.91 Å². The highest BCUT2D eigenvalue weighted by Gasteiger charge is 2.33. The molecular weight excluding hydrogens is 266 g/mol. The number of pyridine rings is 1. The van der Waals surface area contributed by atoms with Crippen LogP contribution in [-0.2, 0) is 0 Å². The lowest BCUT2D eigenvalue weighted by Gasteiger charge is -2.22. The van der Waals surface area contributed by atoms with E-state index in [-0.39, 0.29) is 17.9 Å². The van der Waals surface area contributed by atoms with Gasteiger partial charge in [-0.15, -0.1) is 0 Å². The summed E-state index contributed by atoms with van der Waals surface area (Å²) in [5.74, 6) is 0.476. The Kier molecular flexibility index (Phi) is 3.73. The van der Waals surface area contributed by atoms with Crippen molar-refractivity contribution in [3.05, 3.63) is 47.6 Å². The van der Waals surface area contributed by atoms with Crippen LogP contribution in [0.3, 0.4) is 0 Å². The second kappa shape index (κ2) is 5.68. The standard InChI is InChI=1S/C16H19N3O2/c1-11(2)13-10-15(21-18-13)16(20)19-9-5-7-14(19)12-6-3-4-8-17-12/h3-4,6,8,10-11,14H,5,7,9H2,1-2H3. The van der Waals surface area contributed by atoms with Crippen molar-refractivity contribution in [3.63, 3.8) is 0 Å². The minimum Gasteiger partial charge on any atom is -0.351 e. The minimum atomic E-state index is -0.0949. The van der Waals surface area contributed by atoms with E-state index >= 15 is 0 Å². The molecule has 2 aromatic rings. The Hall–Kier alpha value is -2.17. The molecule has 1 aliphatic heterocycles. The highest BCUT2D eigenvalue weighted by molar-refractivity contribution is 5.92. The normalized spacial score (nSPS) is 18.4. The molecule has 3 rings (SSSR count). The van der Waals surface area contributed by atoms with Crippen LogP contribution in [0.15, 0.2) is 35.0 Å². The zero-order valence-electron chi connectivity index (χ0n) is 12.3. The van der Waals surface area contributed by atoms with Crippen LogP contribution >= 0.6 is 0 Å². The van der Waals surface area contributed by atoms with Gasteiger partial charge in [-0.1, -0.05) is 25.1 Å². The topological polar surface area (TPSA) is 59.2 Å². The Bertz CT molecular complexity index is 621. The molecule has 0 bridgehead atoms. The number of carbonyl (C=O) groups is 1. The van der Waals surface area contributed by atoms with Gasteiger partial charge in [0.1, 0.15) is 0 Å². The third-order valence-corrected chi connectivity index (χ3v) is 3.87. The average Bonchev–Trinajstić information content (AvgIpc) is 3.17. The molecule has 0 aromatic carbocycles. The maximum Gasteiger partial charge on any atom is 0.293 e. The third kappa shape index (κ3) is 2.68. The highest BCUT2D eigenvalue weighted by Crippen LogP contribution is 2.32. The molecule has 0 aliphatic carbocycles. The molecule has 1 amide bonds. The summed E-state index contributed by atoms with van der Waals surface area (Å²) in [7, 11) is 0. The predicted octanol–water partition coefficient (Wildman–Crippen LogP) is 3.17. The Morgan fingerprint density at radius 3 is 2.95 bits per heavy atom. The average molecular weight is 285 g/mol. The van der Waals surface area contributed by atoms with Gasteiger partial charge in [0.2, 0.25) is 5.76 Å². The molecule has 3 heterocycles. The molecule has 0 radical (unpaired) electrons. The molecule has 1 unspecified atom stereocenters. The van der Waals surface area contributed by atoms with Gasteiger partial charge >= 0.3 is 0 Å². The fraction of sp³-hybridized carbons (Fsp3) is 0.438. The van der Waals surface area contributed by atoms with Crippen LogP contribution in [-0.4, -0.2) is 27.5 Å². The molecular formula is C16H19N3O2. The van der Waals surface area contributed by atoms with Crippen LogP contribution in [0.4, 0.5) is 0 Å². The van der Waals surface area contributed by atoms with E-state index in [0.717, 1.165) is 30.8 Å². The van der Waals surface area contributed by atoms with E-state index in [2.05, 4.69) is 10.1 Å². The van der Waals surface area contributed by atoms with E-state index in [9.17, 15) is 4.79 Å². The van der Waals surface area contributed by atoms with Crippen molar-refractivity contribution in [2.24, 2.45) is 0 Å². The van der Waals surface area contributed by atoms with Crippen LogP contribution in [0.1, 0.15) is 60.6 Å². The molecule has 1 aliphatic rings. The molecule has 110 valence electrons. The second-order valence-electron chi connectivity index (χ2n) is 5.68. The van der Waals surface area contributed by atoms with E-state index in [4.69, 9.17) is 4.52 Å². The summed E-state index contributed by atoms with van der Waals surface area (Å²) in [6.45, 7) is 4.79. The lowest BCUT2D eigenvalue weighted by atomic mass is 10.1. The number of hydrogen-bond donors (Lipinski definition) is 0. The van der Waals surface area contributed by atoms with E-state index < -0.39 is 0 Å². The number of hydrogen-bond acceptors (Lipinski definition) is 4. The quantitative estimate of drug-likeness (QED) is 0.869. The molecule has 0 spiro atoms. The summed E-state index contributed by atoms with van der Waals surface area (Å²) >= 11 is 0. The number of nitrogens with zero attached hydrogens (tertiary/aromatic N) is 3. The number of carbonyl (C=O) groups excluding carboxylic acids is 1. The lowest BCUT2D eigenvalue weighted by molar-refractivity contribution is 0.0690. The van der Waals surface area contributed by atoms with Gasteiger partial charge in [0, 0.05) is 18.8 Å². The Labute approximate surface area is 124 Å². The Balaban J connectivity index is 1.83. The van der Waals surface area contributed by atoms with Gasteiger partial charge in [-0.2, -0.15) is 0 Å². The van der Waals surface area contributed by atoms with Crippen molar-refractivity contribution in [1.82, 2.24) is 15.0 Å².